The Bertz CT molecular complexity index is 566. The quantitative estimate of drug-likeness (QED) is 0.883. The number of rotatable bonds is 4. The predicted molar refractivity (Wildman–Crippen MR) is 64.3 cm³/mol. The summed E-state index contributed by atoms with van der Waals surface area (Å²) in [4.78, 5) is 7.87. The van der Waals surface area contributed by atoms with Gasteiger partial charge in [-0.2, -0.15) is 18.3 Å². The minimum Gasteiger partial charge on any atom is -0.391 e. The van der Waals surface area contributed by atoms with Crippen molar-refractivity contribution in [2.75, 3.05) is 5.73 Å². The van der Waals surface area contributed by atoms with Gasteiger partial charge in [-0.1, -0.05) is 0 Å². The Morgan fingerprint density at radius 1 is 1.25 bits per heavy atom. The number of alkyl halides is 3. The van der Waals surface area contributed by atoms with Crippen molar-refractivity contribution in [1.82, 2.24) is 19.7 Å². The van der Waals surface area contributed by atoms with E-state index in [-0.39, 0.29) is 12.4 Å². The smallest absolute Gasteiger partial charge is 0.391 e. The lowest BCUT2D eigenvalue weighted by Crippen LogP contribution is -2.24. The molecule has 108 valence electrons. The van der Waals surface area contributed by atoms with Gasteiger partial charge in [0.1, 0.15) is 5.82 Å². The van der Waals surface area contributed by atoms with Gasteiger partial charge in [-0.15, -0.1) is 0 Å². The molecule has 2 rings (SSSR count). The molecule has 6 nitrogen and oxygen atoms in total. The number of nitrogens with zero attached hydrogens (tertiary/aromatic N) is 4. The summed E-state index contributed by atoms with van der Waals surface area (Å²) in [5.41, 5.74) is 6.48. The van der Waals surface area contributed by atoms with Crippen LogP contribution in [0.25, 0.3) is 11.3 Å². The molecule has 3 N–H and O–H groups in total. The Morgan fingerprint density at radius 3 is 2.60 bits per heavy atom. The second-order valence-electron chi connectivity index (χ2n) is 4.25. The SMILES string of the molecule is Nc1cnc(-c2cnn(CC(O)CC(F)(F)F)c2)cn1. The second-order valence-corrected chi connectivity index (χ2v) is 4.25. The summed E-state index contributed by atoms with van der Waals surface area (Å²) < 4.78 is 37.5. The van der Waals surface area contributed by atoms with Gasteiger partial charge in [0, 0.05) is 11.8 Å². The molecular weight excluding hydrogens is 275 g/mol. The van der Waals surface area contributed by atoms with Gasteiger partial charge in [-0.3, -0.25) is 9.67 Å². The van der Waals surface area contributed by atoms with Crippen molar-refractivity contribution in [3.05, 3.63) is 24.8 Å². The molecular formula is C11H12F3N5O. The van der Waals surface area contributed by atoms with Gasteiger partial charge in [-0.25, -0.2) is 4.98 Å². The molecule has 0 aliphatic rings. The molecule has 1 atom stereocenters. The van der Waals surface area contributed by atoms with Crippen LogP contribution in [-0.2, 0) is 6.54 Å². The molecule has 2 aromatic rings. The first-order valence-electron chi connectivity index (χ1n) is 5.68. The van der Waals surface area contributed by atoms with Gasteiger partial charge >= 0.3 is 6.18 Å². The topological polar surface area (TPSA) is 89.8 Å². The summed E-state index contributed by atoms with van der Waals surface area (Å²) in [5.74, 6) is 0.266. The van der Waals surface area contributed by atoms with E-state index in [2.05, 4.69) is 15.1 Å². The Balaban J connectivity index is 2.04. The highest BCUT2D eigenvalue weighted by molar-refractivity contribution is 5.56. The van der Waals surface area contributed by atoms with Crippen molar-refractivity contribution in [2.45, 2.75) is 25.2 Å². The molecule has 0 bridgehead atoms. The molecule has 0 aliphatic heterocycles. The van der Waals surface area contributed by atoms with Crippen LogP contribution in [0.4, 0.5) is 19.0 Å². The van der Waals surface area contributed by atoms with Crippen molar-refractivity contribution >= 4 is 5.82 Å². The predicted octanol–water partition coefficient (Wildman–Crippen LogP) is 1.24. The third-order valence-corrected chi connectivity index (χ3v) is 2.47. The standard InChI is InChI=1S/C11H12F3N5O/c12-11(13,14)1-8(20)6-19-5-7(2-18-19)9-3-17-10(15)4-16-9/h2-5,8,20H,1,6H2,(H2,15,17). The Hall–Kier alpha value is -2.16. The van der Waals surface area contributed by atoms with E-state index >= 15 is 0 Å². The van der Waals surface area contributed by atoms with E-state index in [4.69, 9.17) is 5.73 Å². The summed E-state index contributed by atoms with van der Waals surface area (Å²) >= 11 is 0. The molecule has 20 heavy (non-hydrogen) atoms. The maximum Gasteiger partial charge on any atom is 0.391 e. The average molecular weight is 287 g/mol. The third kappa shape index (κ3) is 3.92. The van der Waals surface area contributed by atoms with E-state index in [0.29, 0.717) is 11.3 Å². The molecule has 0 aliphatic carbocycles. The van der Waals surface area contributed by atoms with Gasteiger partial charge in [-0.05, 0) is 0 Å². The van der Waals surface area contributed by atoms with Crippen LogP contribution >= 0.6 is 0 Å². The number of aromatic nitrogens is 4. The van der Waals surface area contributed by atoms with E-state index < -0.39 is 18.7 Å². The van der Waals surface area contributed by atoms with Crippen molar-refractivity contribution < 1.29 is 18.3 Å². The zero-order valence-corrected chi connectivity index (χ0v) is 10.2. The van der Waals surface area contributed by atoms with Crippen LogP contribution in [0.15, 0.2) is 24.8 Å². The highest BCUT2D eigenvalue weighted by Crippen LogP contribution is 2.22. The van der Waals surface area contributed by atoms with Crippen molar-refractivity contribution in [1.29, 1.82) is 0 Å². The van der Waals surface area contributed by atoms with E-state index in [1.54, 1.807) is 0 Å². The van der Waals surface area contributed by atoms with Crippen molar-refractivity contribution in [2.24, 2.45) is 0 Å². The molecule has 0 amide bonds. The molecule has 0 fully saturated rings. The zero-order chi connectivity index (χ0) is 14.8. The fourth-order valence-corrected chi connectivity index (χ4v) is 1.63. The van der Waals surface area contributed by atoms with E-state index in [9.17, 15) is 18.3 Å². The first-order valence-corrected chi connectivity index (χ1v) is 5.68. The van der Waals surface area contributed by atoms with E-state index in [0.717, 1.165) is 0 Å². The molecule has 0 aromatic carbocycles. The van der Waals surface area contributed by atoms with Crippen LogP contribution in [0.2, 0.25) is 0 Å². The lowest BCUT2D eigenvalue weighted by molar-refractivity contribution is -0.154. The summed E-state index contributed by atoms with van der Waals surface area (Å²) in [6.45, 7) is -0.248. The molecule has 1 unspecified atom stereocenters. The van der Waals surface area contributed by atoms with Crippen molar-refractivity contribution in [3.63, 3.8) is 0 Å². The van der Waals surface area contributed by atoms with Gasteiger partial charge in [0.2, 0.25) is 0 Å². The molecule has 0 saturated heterocycles. The zero-order valence-electron chi connectivity index (χ0n) is 10.2. The normalized spacial score (nSPS) is 13.4. The number of nitrogen functional groups attached to an aromatic ring is 1. The second kappa shape index (κ2) is 5.45. The third-order valence-electron chi connectivity index (χ3n) is 2.47. The highest BCUT2D eigenvalue weighted by atomic mass is 19.4. The van der Waals surface area contributed by atoms with Gasteiger partial charge in [0.05, 0.1) is 43.4 Å². The van der Waals surface area contributed by atoms with E-state index in [1.807, 2.05) is 0 Å². The van der Waals surface area contributed by atoms with Crippen LogP contribution in [0.5, 0.6) is 0 Å². The number of hydrogen-bond acceptors (Lipinski definition) is 5. The van der Waals surface area contributed by atoms with Gasteiger partial charge in [0.25, 0.3) is 0 Å². The maximum absolute atomic E-state index is 12.1. The number of aliphatic hydroxyl groups is 1. The summed E-state index contributed by atoms with van der Waals surface area (Å²) in [6.07, 6.45) is -1.50. The molecule has 9 heteroatoms. The number of nitrogens with two attached hydrogens (primary N) is 1. The van der Waals surface area contributed by atoms with Crippen LogP contribution in [0.3, 0.4) is 0 Å². The van der Waals surface area contributed by atoms with Crippen LogP contribution in [-0.4, -0.2) is 37.1 Å². The number of aliphatic hydroxyl groups excluding tert-OH is 1. The van der Waals surface area contributed by atoms with Crippen LogP contribution < -0.4 is 5.73 Å². The molecule has 2 heterocycles. The van der Waals surface area contributed by atoms with Crippen LogP contribution in [0, 0.1) is 0 Å². The summed E-state index contributed by atoms with van der Waals surface area (Å²) in [6, 6.07) is 0. The largest absolute Gasteiger partial charge is 0.391 e. The average Bonchev–Trinajstić information content (AvgIpc) is 2.75. The maximum atomic E-state index is 12.1. The lowest BCUT2D eigenvalue weighted by Gasteiger charge is -2.12. The monoisotopic (exact) mass is 287 g/mol. The fraction of sp³-hybridized carbons (Fsp3) is 0.364. The number of halogens is 3. The molecule has 0 radical (unpaired) electrons. The fourth-order valence-electron chi connectivity index (χ4n) is 1.63. The van der Waals surface area contributed by atoms with Gasteiger partial charge < -0.3 is 10.8 Å². The minimum atomic E-state index is -4.40. The lowest BCUT2D eigenvalue weighted by atomic mass is 10.2. The number of hydrogen-bond donors (Lipinski definition) is 2. The molecule has 0 saturated carbocycles. The first kappa shape index (κ1) is 14.3. The Labute approximate surface area is 112 Å². The number of anilines is 1. The molecule has 2 aromatic heterocycles. The minimum absolute atomic E-state index is 0.248. The Kier molecular flexibility index (Phi) is 3.89. The highest BCUT2D eigenvalue weighted by Gasteiger charge is 2.31. The summed E-state index contributed by atoms with van der Waals surface area (Å²) in [7, 11) is 0. The van der Waals surface area contributed by atoms with Crippen molar-refractivity contribution in [3.8, 4) is 11.3 Å². The first-order chi connectivity index (χ1) is 9.33. The molecule has 0 spiro atoms. The van der Waals surface area contributed by atoms with Crippen LogP contribution in [0.1, 0.15) is 6.42 Å². The summed E-state index contributed by atoms with van der Waals surface area (Å²) in [5, 5.41) is 13.2. The van der Waals surface area contributed by atoms with Gasteiger partial charge in [0.15, 0.2) is 0 Å². The van der Waals surface area contributed by atoms with E-state index in [1.165, 1.54) is 29.5 Å². The Morgan fingerprint density at radius 2 is 2.00 bits per heavy atom.